The molecule has 0 aliphatic carbocycles. The molecule has 5 rings (SSSR count). The maximum atomic E-state index is 6.37. The van der Waals surface area contributed by atoms with Gasteiger partial charge in [-0.05, 0) is 78.9 Å². The number of pyridine rings is 2. The molecule has 0 aliphatic heterocycles. The number of nitrogens with zero attached hydrogens (tertiary/aromatic N) is 2. The van der Waals surface area contributed by atoms with Crippen LogP contribution in [0.25, 0.3) is 44.1 Å². The van der Waals surface area contributed by atoms with Crippen molar-refractivity contribution in [3.8, 4) is 11.3 Å². The quantitative estimate of drug-likeness (QED) is 0.293. The fourth-order valence-corrected chi connectivity index (χ4v) is 4.76. The third-order valence-electron chi connectivity index (χ3n) is 6.18. The summed E-state index contributed by atoms with van der Waals surface area (Å²) >= 11 is 0. The smallest absolute Gasteiger partial charge is 0.227 e. The lowest BCUT2D eigenvalue weighted by atomic mass is 9.92. The number of aromatic nitrogens is 2. The van der Waals surface area contributed by atoms with E-state index in [0.29, 0.717) is 17.5 Å². The van der Waals surface area contributed by atoms with Gasteiger partial charge in [-0.3, -0.25) is 4.98 Å². The SMILES string of the molecule is Cc1cc(-c2nc(CC(C)C)cc3c(C(C)C)cccc23)c2oc3nc(C)ccc3c2c1. The first-order valence-corrected chi connectivity index (χ1v) is 11.5. The van der Waals surface area contributed by atoms with Crippen LogP contribution in [0.15, 0.2) is 52.9 Å². The van der Waals surface area contributed by atoms with E-state index in [1.807, 2.05) is 13.0 Å². The van der Waals surface area contributed by atoms with Crippen LogP contribution in [-0.2, 0) is 6.42 Å². The molecule has 3 nitrogen and oxygen atoms in total. The van der Waals surface area contributed by atoms with Crippen LogP contribution < -0.4 is 0 Å². The molecule has 0 amide bonds. The summed E-state index contributed by atoms with van der Waals surface area (Å²) in [6, 6.07) is 17.5. The Labute approximate surface area is 189 Å². The van der Waals surface area contributed by atoms with Crippen LogP contribution in [0, 0.1) is 19.8 Å². The number of fused-ring (bicyclic) bond motifs is 4. The van der Waals surface area contributed by atoms with Gasteiger partial charge in [0.2, 0.25) is 5.71 Å². The molecule has 5 aromatic rings. The van der Waals surface area contributed by atoms with E-state index >= 15 is 0 Å². The van der Waals surface area contributed by atoms with Gasteiger partial charge in [-0.15, -0.1) is 0 Å². The summed E-state index contributed by atoms with van der Waals surface area (Å²) in [7, 11) is 0. The summed E-state index contributed by atoms with van der Waals surface area (Å²) in [5.74, 6) is 0.978. The van der Waals surface area contributed by atoms with E-state index in [1.54, 1.807) is 0 Å². The number of benzene rings is 2. The fraction of sp³-hybridized carbons (Fsp3) is 0.310. The van der Waals surface area contributed by atoms with Crippen molar-refractivity contribution in [3.05, 3.63) is 71.0 Å². The van der Waals surface area contributed by atoms with Crippen molar-refractivity contribution in [2.24, 2.45) is 5.92 Å². The third kappa shape index (κ3) is 3.46. The van der Waals surface area contributed by atoms with Gasteiger partial charge in [0.1, 0.15) is 5.58 Å². The summed E-state index contributed by atoms with van der Waals surface area (Å²) < 4.78 is 6.37. The first-order chi connectivity index (χ1) is 15.3. The average Bonchev–Trinajstić information content (AvgIpc) is 3.08. The van der Waals surface area contributed by atoms with Crippen LogP contribution in [0.1, 0.15) is 56.1 Å². The van der Waals surface area contributed by atoms with Gasteiger partial charge in [0, 0.05) is 33.1 Å². The van der Waals surface area contributed by atoms with E-state index in [1.165, 1.54) is 21.9 Å². The monoisotopic (exact) mass is 422 g/mol. The second-order valence-corrected chi connectivity index (χ2v) is 9.75. The largest absolute Gasteiger partial charge is 0.437 e. The second kappa shape index (κ2) is 7.74. The summed E-state index contributed by atoms with van der Waals surface area (Å²) in [5.41, 5.74) is 8.26. The predicted molar refractivity (Wildman–Crippen MR) is 134 cm³/mol. The van der Waals surface area contributed by atoms with Crippen LogP contribution in [-0.4, -0.2) is 9.97 Å². The molecule has 0 saturated carbocycles. The molecule has 0 radical (unpaired) electrons. The van der Waals surface area contributed by atoms with E-state index in [-0.39, 0.29) is 0 Å². The van der Waals surface area contributed by atoms with Crippen molar-refractivity contribution in [3.63, 3.8) is 0 Å². The molecule has 2 aromatic carbocycles. The average molecular weight is 423 g/mol. The predicted octanol–water partition coefficient (Wildman–Crippen LogP) is 8.13. The van der Waals surface area contributed by atoms with E-state index in [0.717, 1.165) is 45.4 Å². The highest BCUT2D eigenvalue weighted by Crippen LogP contribution is 2.39. The van der Waals surface area contributed by atoms with E-state index in [2.05, 4.69) is 82.1 Å². The summed E-state index contributed by atoms with van der Waals surface area (Å²) in [4.78, 5) is 9.86. The van der Waals surface area contributed by atoms with Gasteiger partial charge in [-0.2, -0.15) is 0 Å². The van der Waals surface area contributed by atoms with E-state index < -0.39 is 0 Å². The maximum Gasteiger partial charge on any atom is 0.227 e. The lowest BCUT2D eigenvalue weighted by Gasteiger charge is -2.16. The lowest BCUT2D eigenvalue weighted by Crippen LogP contribution is -2.01. The summed E-state index contributed by atoms with van der Waals surface area (Å²) in [6.07, 6.45) is 0.950. The third-order valence-corrected chi connectivity index (χ3v) is 6.18. The lowest BCUT2D eigenvalue weighted by molar-refractivity contribution is 0.636. The first-order valence-electron chi connectivity index (χ1n) is 11.5. The van der Waals surface area contributed by atoms with Gasteiger partial charge in [0.25, 0.3) is 0 Å². The molecule has 0 unspecified atom stereocenters. The van der Waals surface area contributed by atoms with Crippen molar-refractivity contribution in [2.45, 2.75) is 53.9 Å². The Morgan fingerprint density at radius 2 is 1.62 bits per heavy atom. The number of aryl methyl sites for hydroxylation is 2. The van der Waals surface area contributed by atoms with Crippen molar-refractivity contribution in [1.29, 1.82) is 0 Å². The van der Waals surface area contributed by atoms with Crippen LogP contribution in [0.3, 0.4) is 0 Å². The van der Waals surface area contributed by atoms with Crippen molar-refractivity contribution >= 4 is 32.8 Å². The molecule has 0 aliphatic rings. The molecule has 3 heteroatoms. The highest BCUT2D eigenvalue weighted by molar-refractivity contribution is 6.11. The molecule has 0 bridgehead atoms. The first kappa shape index (κ1) is 20.7. The number of hydrogen-bond acceptors (Lipinski definition) is 3. The molecule has 0 fully saturated rings. The number of rotatable bonds is 4. The van der Waals surface area contributed by atoms with Gasteiger partial charge < -0.3 is 4.42 Å². The van der Waals surface area contributed by atoms with Gasteiger partial charge in [-0.25, -0.2) is 4.98 Å². The van der Waals surface area contributed by atoms with E-state index in [9.17, 15) is 0 Å². The van der Waals surface area contributed by atoms with Crippen molar-refractivity contribution in [1.82, 2.24) is 9.97 Å². The van der Waals surface area contributed by atoms with Crippen LogP contribution >= 0.6 is 0 Å². The highest BCUT2D eigenvalue weighted by atomic mass is 16.3. The Balaban J connectivity index is 1.90. The molecule has 32 heavy (non-hydrogen) atoms. The molecule has 0 spiro atoms. The molecular weight excluding hydrogens is 392 g/mol. The second-order valence-electron chi connectivity index (χ2n) is 9.75. The maximum absolute atomic E-state index is 6.37. The van der Waals surface area contributed by atoms with Crippen LogP contribution in [0.4, 0.5) is 0 Å². The van der Waals surface area contributed by atoms with Crippen molar-refractivity contribution in [2.75, 3.05) is 0 Å². The Morgan fingerprint density at radius 3 is 2.38 bits per heavy atom. The zero-order valence-corrected chi connectivity index (χ0v) is 19.8. The molecule has 0 atom stereocenters. The molecule has 0 saturated heterocycles. The van der Waals surface area contributed by atoms with Gasteiger partial charge in [0.15, 0.2) is 0 Å². The minimum atomic E-state index is 0.441. The van der Waals surface area contributed by atoms with Crippen LogP contribution in [0.2, 0.25) is 0 Å². The molecule has 3 heterocycles. The minimum absolute atomic E-state index is 0.441. The summed E-state index contributed by atoms with van der Waals surface area (Å²) in [5, 5.41) is 4.64. The Hall–Kier alpha value is -3.20. The minimum Gasteiger partial charge on any atom is -0.437 e. The molecule has 3 aromatic heterocycles. The van der Waals surface area contributed by atoms with Gasteiger partial charge in [-0.1, -0.05) is 45.9 Å². The normalized spacial score (nSPS) is 12.1. The van der Waals surface area contributed by atoms with Gasteiger partial charge in [0.05, 0.1) is 5.69 Å². The number of hydrogen-bond donors (Lipinski definition) is 0. The number of furan rings is 1. The van der Waals surface area contributed by atoms with Crippen molar-refractivity contribution < 1.29 is 4.42 Å². The zero-order valence-electron chi connectivity index (χ0n) is 19.8. The molecular formula is C29H30N2O. The molecule has 162 valence electrons. The topological polar surface area (TPSA) is 38.9 Å². The van der Waals surface area contributed by atoms with E-state index in [4.69, 9.17) is 9.40 Å². The van der Waals surface area contributed by atoms with Gasteiger partial charge >= 0.3 is 0 Å². The Morgan fingerprint density at radius 1 is 0.812 bits per heavy atom. The standard InChI is InChI=1S/C29H30N2O/c1-16(2)12-20-15-24-21(17(3)4)8-7-9-22(24)27(31-20)26-14-18(5)13-25-23-11-10-19(6)30-29(23)32-28(25)26/h7-11,13-17H,12H2,1-6H3. The molecule has 0 N–H and O–H groups in total. The zero-order chi connectivity index (χ0) is 22.6. The summed E-state index contributed by atoms with van der Waals surface area (Å²) in [6.45, 7) is 13.2. The van der Waals surface area contributed by atoms with Crippen LogP contribution in [0.5, 0.6) is 0 Å². The highest BCUT2D eigenvalue weighted by Gasteiger charge is 2.19. The Bertz CT molecular complexity index is 1470. The fourth-order valence-electron chi connectivity index (χ4n) is 4.76. The Kier molecular flexibility index (Phi) is 5.00.